The summed E-state index contributed by atoms with van der Waals surface area (Å²) in [5.74, 6) is -0.382. The zero-order valence-corrected chi connectivity index (χ0v) is 10.5. The van der Waals surface area contributed by atoms with Gasteiger partial charge in [0.2, 0.25) is 0 Å². The summed E-state index contributed by atoms with van der Waals surface area (Å²) in [4.78, 5) is 11.9. The van der Waals surface area contributed by atoms with Crippen LogP contribution in [0.1, 0.15) is 22.3 Å². The molecular weight excluding hydrogens is 251 g/mol. The topological polar surface area (TPSA) is 17.1 Å². The first kappa shape index (κ1) is 12.8. The highest BCUT2D eigenvalue weighted by molar-refractivity contribution is 6.30. The third-order valence-electron chi connectivity index (χ3n) is 2.72. The number of hydrogen-bond donors (Lipinski definition) is 0. The Balaban J connectivity index is 1.99. The third-order valence-corrected chi connectivity index (χ3v) is 3.03. The standard InChI is InChI=1S/C15H12ClFO/c16-13-8-6-11(10-14(13)17)7-9-15(18)12-4-2-1-3-5-12/h1-6,8,10H,7,9H2. The maximum atomic E-state index is 13.2. The molecule has 2 aromatic rings. The number of hydrogen-bond acceptors (Lipinski definition) is 1. The molecule has 0 heterocycles. The lowest BCUT2D eigenvalue weighted by atomic mass is 10.0. The van der Waals surface area contributed by atoms with Gasteiger partial charge in [0, 0.05) is 12.0 Å². The van der Waals surface area contributed by atoms with Crippen molar-refractivity contribution in [1.82, 2.24) is 0 Å². The van der Waals surface area contributed by atoms with E-state index in [2.05, 4.69) is 0 Å². The Kier molecular flexibility index (Phi) is 4.11. The lowest BCUT2D eigenvalue weighted by molar-refractivity contribution is 0.0983. The van der Waals surface area contributed by atoms with E-state index in [1.165, 1.54) is 12.1 Å². The molecule has 0 spiro atoms. The first-order valence-corrected chi connectivity index (χ1v) is 6.07. The number of carbonyl (C=O) groups is 1. The lowest BCUT2D eigenvalue weighted by Gasteiger charge is -2.03. The fraction of sp³-hybridized carbons (Fsp3) is 0.133. The second-order valence-electron chi connectivity index (χ2n) is 4.04. The van der Waals surface area contributed by atoms with Gasteiger partial charge in [-0.15, -0.1) is 0 Å². The summed E-state index contributed by atoms with van der Waals surface area (Å²) in [6, 6.07) is 13.7. The third kappa shape index (κ3) is 3.17. The molecular formula is C15H12ClFO. The SMILES string of the molecule is O=C(CCc1ccc(Cl)c(F)c1)c1ccccc1. The molecule has 0 fully saturated rings. The number of ketones is 1. The Morgan fingerprint density at radius 3 is 2.50 bits per heavy atom. The van der Waals surface area contributed by atoms with Gasteiger partial charge in [0.1, 0.15) is 5.82 Å². The maximum Gasteiger partial charge on any atom is 0.163 e. The zero-order valence-electron chi connectivity index (χ0n) is 9.70. The fourth-order valence-corrected chi connectivity index (χ4v) is 1.84. The van der Waals surface area contributed by atoms with E-state index in [0.29, 0.717) is 18.4 Å². The molecule has 0 atom stereocenters. The van der Waals surface area contributed by atoms with Gasteiger partial charge in [0.15, 0.2) is 5.78 Å². The molecule has 0 aromatic heterocycles. The molecule has 0 N–H and O–H groups in total. The molecule has 0 bridgehead atoms. The quantitative estimate of drug-likeness (QED) is 0.751. The van der Waals surface area contributed by atoms with Gasteiger partial charge < -0.3 is 0 Å². The maximum absolute atomic E-state index is 13.2. The molecule has 0 radical (unpaired) electrons. The molecule has 0 saturated heterocycles. The molecule has 2 aromatic carbocycles. The molecule has 0 aliphatic heterocycles. The molecule has 0 saturated carbocycles. The lowest BCUT2D eigenvalue weighted by Crippen LogP contribution is -2.01. The highest BCUT2D eigenvalue weighted by atomic mass is 35.5. The van der Waals surface area contributed by atoms with E-state index in [4.69, 9.17) is 11.6 Å². The number of benzene rings is 2. The second-order valence-corrected chi connectivity index (χ2v) is 4.44. The van der Waals surface area contributed by atoms with E-state index in [9.17, 15) is 9.18 Å². The largest absolute Gasteiger partial charge is 0.294 e. The molecule has 92 valence electrons. The van der Waals surface area contributed by atoms with Crippen LogP contribution in [-0.2, 0) is 6.42 Å². The molecule has 0 unspecified atom stereocenters. The van der Waals surface area contributed by atoms with Crippen molar-refractivity contribution >= 4 is 17.4 Å². The van der Waals surface area contributed by atoms with Gasteiger partial charge in [-0.25, -0.2) is 4.39 Å². The summed E-state index contributed by atoms with van der Waals surface area (Å²) in [6.07, 6.45) is 0.882. The number of halogens is 2. The van der Waals surface area contributed by atoms with Crippen molar-refractivity contribution in [2.45, 2.75) is 12.8 Å². The highest BCUT2D eigenvalue weighted by Crippen LogP contribution is 2.17. The molecule has 3 heteroatoms. The Bertz CT molecular complexity index is 552. The molecule has 0 aliphatic rings. The van der Waals surface area contributed by atoms with Gasteiger partial charge in [-0.1, -0.05) is 48.0 Å². The second kappa shape index (κ2) is 5.78. The minimum Gasteiger partial charge on any atom is -0.294 e. The molecule has 0 amide bonds. The summed E-state index contributed by atoms with van der Waals surface area (Å²) in [6.45, 7) is 0. The Morgan fingerprint density at radius 2 is 1.83 bits per heavy atom. The van der Waals surface area contributed by atoms with Crippen molar-refractivity contribution in [2.75, 3.05) is 0 Å². The molecule has 2 rings (SSSR count). The molecule has 18 heavy (non-hydrogen) atoms. The van der Waals surface area contributed by atoms with Crippen LogP contribution >= 0.6 is 11.6 Å². The van der Waals surface area contributed by atoms with Crippen LogP contribution in [0.5, 0.6) is 0 Å². The fourth-order valence-electron chi connectivity index (χ4n) is 1.72. The van der Waals surface area contributed by atoms with E-state index in [1.807, 2.05) is 18.2 Å². The summed E-state index contributed by atoms with van der Waals surface area (Å²) in [7, 11) is 0. The zero-order chi connectivity index (χ0) is 13.0. The number of Topliss-reactive ketones (excluding diaryl/α,β-unsaturated/α-hetero) is 1. The van der Waals surface area contributed by atoms with Crippen LogP contribution < -0.4 is 0 Å². The first-order chi connectivity index (χ1) is 8.66. The average molecular weight is 263 g/mol. The van der Waals surface area contributed by atoms with Crippen molar-refractivity contribution in [3.05, 3.63) is 70.5 Å². The predicted molar refractivity (Wildman–Crippen MR) is 70.5 cm³/mol. The molecule has 0 aliphatic carbocycles. The van der Waals surface area contributed by atoms with Crippen LogP contribution in [0.3, 0.4) is 0 Å². The van der Waals surface area contributed by atoms with Crippen LogP contribution in [-0.4, -0.2) is 5.78 Å². The summed E-state index contributed by atoms with van der Waals surface area (Å²) < 4.78 is 13.2. The van der Waals surface area contributed by atoms with Crippen molar-refractivity contribution in [3.8, 4) is 0 Å². The van der Waals surface area contributed by atoms with Gasteiger partial charge >= 0.3 is 0 Å². The summed E-state index contributed by atoms with van der Waals surface area (Å²) in [5, 5.41) is 0.105. The van der Waals surface area contributed by atoms with Gasteiger partial charge in [-0.05, 0) is 24.1 Å². The van der Waals surface area contributed by atoms with Crippen LogP contribution in [0, 0.1) is 5.82 Å². The smallest absolute Gasteiger partial charge is 0.163 e. The van der Waals surface area contributed by atoms with Crippen molar-refractivity contribution in [3.63, 3.8) is 0 Å². The van der Waals surface area contributed by atoms with Crippen molar-refractivity contribution < 1.29 is 9.18 Å². The van der Waals surface area contributed by atoms with E-state index >= 15 is 0 Å². The monoisotopic (exact) mass is 262 g/mol. The van der Waals surface area contributed by atoms with Gasteiger partial charge in [0.25, 0.3) is 0 Å². The minimum absolute atomic E-state index is 0.0611. The summed E-state index contributed by atoms with van der Waals surface area (Å²) in [5.41, 5.74) is 1.47. The van der Waals surface area contributed by atoms with Gasteiger partial charge in [-0.2, -0.15) is 0 Å². The van der Waals surface area contributed by atoms with Crippen LogP contribution in [0.4, 0.5) is 4.39 Å². The first-order valence-electron chi connectivity index (χ1n) is 5.69. The van der Waals surface area contributed by atoms with Crippen LogP contribution in [0.15, 0.2) is 48.5 Å². The van der Waals surface area contributed by atoms with E-state index in [0.717, 1.165) is 5.56 Å². The average Bonchev–Trinajstić information content (AvgIpc) is 2.41. The van der Waals surface area contributed by atoms with Gasteiger partial charge in [0.05, 0.1) is 5.02 Å². The molecule has 1 nitrogen and oxygen atoms in total. The van der Waals surface area contributed by atoms with E-state index in [1.54, 1.807) is 18.2 Å². The van der Waals surface area contributed by atoms with Crippen molar-refractivity contribution in [2.24, 2.45) is 0 Å². The Morgan fingerprint density at radius 1 is 1.11 bits per heavy atom. The van der Waals surface area contributed by atoms with Gasteiger partial charge in [-0.3, -0.25) is 4.79 Å². The van der Waals surface area contributed by atoms with Crippen LogP contribution in [0.2, 0.25) is 5.02 Å². The normalized spacial score (nSPS) is 10.3. The Labute approximate surface area is 110 Å². The highest BCUT2D eigenvalue weighted by Gasteiger charge is 2.06. The Hall–Kier alpha value is -1.67. The van der Waals surface area contributed by atoms with Crippen LogP contribution in [0.25, 0.3) is 0 Å². The predicted octanol–water partition coefficient (Wildman–Crippen LogP) is 4.29. The number of aryl methyl sites for hydroxylation is 1. The van der Waals surface area contributed by atoms with E-state index < -0.39 is 5.82 Å². The number of carbonyl (C=O) groups excluding carboxylic acids is 1. The van der Waals surface area contributed by atoms with E-state index in [-0.39, 0.29) is 10.8 Å². The van der Waals surface area contributed by atoms with Crippen molar-refractivity contribution in [1.29, 1.82) is 0 Å². The summed E-state index contributed by atoms with van der Waals surface area (Å²) >= 11 is 5.60. The minimum atomic E-state index is -0.443. The number of rotatable bonds is 4.